The van der Waals surface area contributed by atoms with E-state index in [-0.39, 0.29) is 11.8 Å². The molecule has 2 aromatic rings. The highest BCUT2D eigenvalue weighted by Crippen LogP contribution is 2.25. The van der Waals surface area contributed by atoms with E-state index >= 15 is 0 Å². The number of hydrogen-bond donors (Lipinski definition) is 2. The third-order valence-electron chi connectivity index (χ3n) is 4.07. The van der Waals surface area contributed by atoms with E-state index in [2.05, 4.69) is 22.8 Å². The molecule has 1 saturated heterocycles. The zero-order valence-corrected chi connectivity index (χ0v) is 13.1. The SMILES string of the molecule is O=C(Nc1ccccc1OCCc1ccccc1)C1CCNC1. The topological polar surface area (TPSA) is 50.4 Å². The van der Waals surface area contributed by atoms with Crippen LogP contribution in [-0.2, 0) is 11.2 Å². The highest BCUT2D eigenvalue weighted by molar-refractivity contribution is 5.94. The third kappa shape index (κ3) is 4.33. The summed E-state index contributed by atoms with van der Waals surface area (Å²) in [7, 11) is 0. The maximum Gasteiger partial charge on any atom is 0.228 e. The maximum atomic E-state index is 12.3. The molecule has 4 nitrogen and oxygen atoms in total. The molecule has 2 N–H and O–H groups in total. The smallest absolute Gasteiger partial charge is 0.228 e. The molecule has 1 atom stereocenters. The Hall–Kier alpha value is -2.33. The molecule has 4 heteroatoms. The van der Waals surface area contributed by atoms with Crippen LogP contribution in [0.3, 0.4) is 0 Å². The standard InChI is InChI=1S/C19H22N2O2/c22-19(16-10-12-20-14-16)21-17-8-4-5-9-18(17)23-13-11-15-6-2-1-3-7-15/h1-9,16,20H,10-14H2,(H,21,22). The molecule has 0 saturated carbocycles. The van der Waals surface area contributed by atoms with Crippen molar-refractivity contribution in [2.75, 3.05) is 25.0 Å². The molecule has 1 aliphatic heterocycles. The first-order valence-corrected chi connectivity index (χ1v) is 8.10. The molecule has 0 aromatic heterocycles. The minimum Gasteiger partial charge on any atom is -0.491 e. The molecule has 120 valence electrons. The summed E-state index contributed by atoms with van der Waals surface area (Å²) in [4.78, 5) is 12.3. The summed E-state index contributed by atoms with van der Waals surface area (Å²) < 4.78 is 5.87. The van der Waals surface area contributed by atoms with Gasteiger partial charge in [0.2, 0.25) is 5.91 Å². The van der Waals surface area contributed by atoms with Crippen LogP contribution in [-0.4, -0.2) is 25.6 Å². The lowest BCUT2D eigenvalue weighted by Gasteiger charge is -2.14. The van der Waals surface area contributed by atoms with Crippen molar-refractivity contribution in [3.63, 3.8) is 0 Å². The van der Waals surface area contributed by atoms with Gasteiger partial charge in [-0.1, -0.05) is 42.5 Å². The van der Waals surface area contributed by atoms with E-state index < -0.39 is 0 Å². The second kappa shape index (κ2) is 7.79. The zero-order valence-electron chi connectivity index (χ0n) is 13.1. The number of ether oxygens (including phenoxy) is 1. The van der Waals surface area contributed by atoms with Gasteiger partial charge in [-0.3, -0.25) is 4.79 Å². The Kier molecular flexibility index (Phi) is 5.27. The van der Waals surface area contributed by atoms with Gasteiger partial charge in [0.05, 0.1) is 18.2 Å². The van der Waals surface area contributed by atoms with Crippen LogP contribution < -0.4 is 15.4 Å². The summed E-state index contributed by atoms with van der Waals surface area (Å²) in [5.74, 6) is 0.837. The Morgan fingerprint density at radius 2 is 1.91 bits per heavy atom. The van der Waals surface area contributed by atoms with Crippen LogP contribution >= 0.6 is 0 Å². The minimum atomic E-state index is 0.0485. The number of nitrogens with one attached hydrogen (secondary N) is 2. The van der Waals surface area contributed by atoms with Crippen molar-refractivity contribution in [3.8, 4) is 5.75 Å². The molecular weight excluding hydrogens is 288 g/mol. The van der Waals surface area contributed by atoms with E-state index in [1.54, 1.807) is 0 Å². The largest absolute Gasteiger partial charge is 0.491 e. The zero-order chi connectivity index (χ0) is 15.9. The fourth-order valence-corrected chi connectivity index (χ4v) is 2.73. The number of carbonyl (C=O) groups is 1. The molecule has 0 bridgehead atoms. The van der Waals surface area contributed by atoms with E-state index in [0.29, 0.717) is 6.61 Å². The Morgan fingerprint density at radius 3 is 2.70 bits per heavy atom. The molecule has 23 heavy (non-hydrogen) atoms. The number of benzene rings is 2. The molecule has 1 unspecified atom stereocenters. The van der Waals surface area contributed by atoms with Crippen molar-refractivity contribution in [2.45, 2.75) is 12.8 Å². The van der Waals surface area contributed by atoms with Gasteiger partial charge in [-0.2, -0.15) is 0 Å². The van der Waals surface area contributed by atoms with Crippen LogP contribution in [0, 0.1) is 5.92 Å². The molecule has 0 radical (unpaired) electrons. The second-order valence-corrected chi connectivity index (χ2v) is 5.76. The van der Waals surface area contributed by atoms with Crippen molar-refractivity contribution in [3.05, 3.63) is 60.2 Å². The van der Waals surface area contributed by atoms with Gasteiger partial charge in [0.1, 0.15) is 5.75 Å². The summed E-state index contributed by atoms with van der Waals surface area (Å²) in [5, 5.41) is 6.21. The lowest BCUT2D eigenvalue weighted by atomic mass is 10.1. The molecule has 1 aliphatic rings. The average Bonchev–Trinajstić information content (AvgIpc) is 3.12. The summed E-state index contributed by atoms with van der Waals surface area (Å²) in [6, 6.07) is 17.8. The Bertz CT molecular complexity index is 637. The lowest BCUT2D eigenvalue weighted by Crippen LogP contribution is -2.24. The quantitative estimate of drug-likeness (QED) is 0.862. The number of para-hydroxylation sites is 2. The van der Waals surface area contributed by atoms with Crippen molar-refractivity contribution in [1.29, 1.82) is 0 Å². The van der Waals surface area contributed by atoms with E-state index in [1.807, 2.05) is 42.5 Å². The van der Waals surface area contributed by atoms with E-state index in [1.165, 1.54) is 5.56 Å². The number of rotatable bonds is 6. The first-order valence-electron chi connectivity index (χ1n) is 8.10. The molecular formula is C19H22N2O2. The first-order chi connectivity index (χ1) is 11.3. The highest BCUT2D eigenvalue weighted by Gasteiger charge is 2.23. The van der Waals surface area contributed by atoms with Gasteiger partial charge in [-0.25, -0.2) is 0 Å². The summed E-state index contributed by atoms with van der Waals surface area (Å²) in [6.07, 6.45) is 1.73. The van der Waals surface area contributed by atoms with Crippen LogP contribution in [0.25, 0.3) is 0 Å². The summed E-state index contributed by atoms with van der Waals surface area (Å²) >= 11 is 0. The van der Waals surface area contributed by atoms with Crippen molar-refractivity contribution >= 4 is 11.6 Å². The molecule has 2 aromatic carbocycles. The van der Waals surface area contributed by atoms with Crippen LogP contribution in [0.1, 0.15) is 12.0 Å². The molecule has 1 fully saturated rings. The van der Waals surface area contributed by atoms with Gasteiger partial charge < -0.3 is 15.4 Å². The van der Waals surface area contributed by atoms with Gasteiger partial charge in [-0.15, -0.1) is 0 Å². The minimum absolute atomic E-state index is 0.0485. The maximum absolute atomic E-state index is 12.3. The van der Waals surface area contributed by atoms with Gasteiger partial charge in [0.15, 0.2) is 0 Å². The molecule has 0 spiro atoms. The monoisotopic (exact) mass is 310 g/mol. The first kappa shape index (κ1) is 15.6. The van der Waals surface area contributed by atoms with E-state index in [9.17, 15) is 4.79 Å². The predicted molar refractivity (Wildman–Crippen MR) is 91.7 cm³/mol. The predicted octanol–water partition coefficient (Wildman–Crippen LogP) is 2.86. The van der Waals surface area contributed by atoms with E-state index in [0.717, 1.165) is 37.4 Å². The Balaban J connectivity index is 1.58. The number of anilines is 1. The molecule has 0 aliphatic carbocycles. The Morgan fingerprint density at radius 1 is 1.13 bits per heavy atom. The van der Waals surface area contributed by atoms with Crippen molar-refractivity contribution in [2.24, 2.45) is 5.92 Å². The van der Waals surface area contributed by atoms with Crippen LogP contribution in [0.4, 0.5) is 5.69 Å². The lowest BCUT2D eigenvalue weighted by molar-refractivity contribution is -0.119. The molecule has 1 amide bonds. The number of carbonyl (C=O) groups excluding carboxylic acids is 1. The van der Waals surface area contributed by atoms with Crippen LogP contribution in [0.2, 0.25) is 0 Å². The molecule has 3 rings (SSSR count). The molecule has 1 heterocycles. The van der Waals surface area contributed by atoms with Crippen molar-refractivity contribution in [1.82, 2.24) is 5.32 Å². The van der Waals surface area contributed by atoms with Crippen LogP contribution in [0.15, 0.2) is 54.6 Å². The normalized spacial score (nSPS) is 17.0. The second-order valence-electron chi connectivity index (χ2n) is 5.76. The summed E-state index contributed by atoms with van der Waals surface area (Å²) in [6.45, 7) is 2.25. The van der Waals surface area contributed by atoms with Gasteiger partial charge in [0.25, 0.3) is 0 Å². The van der Waals surface area contributed by atoms with Gasteiger partial charge in [-0.05, 0) is 30.7 Å². The van der Waals surface area contributed by atoms with Crippen LogP contribution in [0.5, 0.6) is 5.75 Å². The summed E-state index contributed by atoms with van der Waals surface area (Å²) in [5.41, 5.74) is 1.99. The number of hydrogen-bond acceptors (Lipinski definition) is 3. The Labute approximate surface area is 136 Å². The highest BCUT2D eigenvalue weighted by atomic mass is 16.5. The van der Waals surface area contributed by atoms with Crippen molar-refractivity contribution < 1.29 is 9.53 Å². The third-order valence-corrected chi connectivity index (χ3v) is 4.07. The van der Waals surface area contributed by atoms with E-state index in [4.69, 9.17) is 4.74 Å². The van der Waals surface area contributed by atoms with Gasteiger partial charge in [0, 0.05) is 13.0 Å². The average molecular weight is 310 g/mol. The van der Waals surface area contributed by atoms with Gasteiger partial charge >= 0.3 is 0 Å². The number of amides is 1. The fourth-order valence-electron chi connectivity index (χ4n) is 2.73. The fraction of sp³-hybridized carbons (Fsp3) is 0.316.